The molecule has 1 aromatic heterocycles. The van der Waals surface area contributed by atoms with Gasteiger partial charge in [-0.05, 0) is 46.5 Å². The monoisotopic (exact) mass is 514 g/mol. The average Bonchev–Trinajstić information content (AvgIpc) is 3.27. The highest BCUT2D eigenvalue weighted by Crippen LogP contribution is 2.50. The lowest BCUT2D eigenvalue weighted by Crippen LogP contribution is -2.43. The number of benzene rings is 2. The summed E-state index contributed by atoms with van der Waals surface area (Å²) in [4.78, 5) is 2.38. The first-order valence-electron chi connectivity index (χ1n) is 12.0. The summed E-state index contributed by atoms with van der Waals surface area (Å²) in [6.07, 6.45) is 0. The van der Waals surface area contributed by atoms with Crippen molar-refractivity contribution >= 4 is 47.1 Å². The van der Waals surface area contributed by atoms with Gasteiger partial charge in [-0.3, -0.25) is 0 Å². The number of thiophene rings is 1. The highest BCUT2D eigenvalue weighted by atomic mass is 32.2. The fourth-order valence-electron chi connectivity index (χ4n) is 4.46. The maximum Gasteiger partial charge on any atom is 0.130 e. The highest BCUT2D eigenvalue weighted by Gasteiger charge is 2.42. The molecule has 0 aliphatic carbocycles. The van der Waals surface area contributed by atoms with Gasteiger partial charge < -0.3 is 19.5 Å². The number of rotatable bonds is 7. The molecule has 1 atom stereocenters. The van der Waals surface area contributed by atoms with Crippen LogP contribution in [0.15, 0.2) is 52.7 Å². The molecule has 0 bridgehead atoms. The summed E-state index contributed by atoms with van der Waals surface area (Å²) < 4.78 is 15.0. The molecule has 8 heteroatoms. The van der Waals surface area contributed by atoms with Crippen molar-refractivity contribution in [2.45, 2.75) is 35.5 Å². The molecule has 1 N–H and O–H groups in total. The lowest BCUT2D eigenvalue weighted by atomic mass is 9.86. The fraction of sp³-hybridized carbons (Fsp3) is 0.462. The topological polar surface area (TPSA) is 45.2 Å². The van der Waals surface area contributed by atoms with Crippen LogP contribution >= 0.6 is 23.3 Å². The van der Waals surface area contributed by atoms with Crippen LogP contribution in [0.2, 0.25) is 25.7 Å². The van der Waals surface area contributed by atoms with Crippen LogP contribution in [-0.2, 0) is 15.1 Å². The number of hydrogen-bond acceptors (Lipinski definition) is 7. The molecule has 34 heavy (non-hydrogen) atoms. The Kier molecular flexibility index (Phi) is 7.10. The maximum absolute atomic E-state index is 12.3. The van der Waals surface area contributed by atoms with Gasteiger partial charge in [0.25, 0.3) is 0 Å². The average molecular weight is 515 g/mol. The van der Waals surface area contributed by atoms with Gasteiger partial charge in [0.05, 0.1) is 22.4 Å². The van der Waals surface area contributed by atoms with Crippen molar-refractivity contribution in [1.82, 2.24) is 4.31 Å². The number of morpholine rings is 1. The van der Waals surface area contributed by atoms with Gasteiger partial charge >= 0.3 is 0 Å². The molecule has 0 spiro atoms. The molecule has 1 fully saturated rings. The van der Waals surface area contributed by atoms with E-state index in [-0.39, 0.29) is 0 Å². The highest BCUT2D eigenvalue weighted by molar-refractivity contribution is 7.99. The molecular formula is C26H34N2O3S2Si. The minimum atomic E-state index is -1.14. The summed E-state index contributed by atoms with van der Waals surface area (Å²) in [7, 11) is -1.14. The van der Waals surface area contributed by atoms with Crippen LogP contribution in [0.4, 0.5) is 5.00 Å². The summed E-state index contributed by atoms with van der Waals surface area (Å²) >= 11 is 3.49. The van der Waals surface area contributed by atoms with Crippen LogP contribution in [0.5, 0.6) is 0 Å². The summed E-state index contributed by atoms with van der Waals surface area (Å²) in [5.74, 6) is 0. The molecule has 1 saturated heterocycles. The molecule has 2 aliphatic heterocycles. The molecule has 3 aromatic rings. The minimum Gasteiger partial charge on any atom is -0.379 e. The second-order valence-electron chi connectivity index (χ2n) is 10.4. The van der Waals surface area contributed by atoms with Crippen molar-refractivity contribution in [3.63, 3.8) is 0 Å². The van der Waals surface area contributed by atoms with E-state index < -0.39 is 13.7 Å². The smallest absolute Gasteiger partial charge is 0.130 e. The van der Waals surface area contributed by atoms with Gasteiger partial charge in [-0.2, -0.15) is 0 Å². The van der Waals surface area contributed by atoms with Crippen molar-refractivity contribution in [2.24, 2.45) is 0 Å². The van der Waals surface area contributed by atoms with Gasteiger partial charge in [-0.15, -0.1) is 11.3 Å². The van der Waals surface area contributed by atoms with Crippen molar-refractivity contribution in [3.05, 3.63) is 59.7 Å². The van der Waals surface area contributed by atoms with Crippen LogP contribution in [0.3, 0.4) is 0 Å². The summed E-state index contributed by atoms with van der Waals surface area (Å²) in [5, 5.41) is 15.8. The molecule has 5 rings (SSSR count). The molecule has 182 valence electrons. The lowest BCUT2D eigenvalue weighted by Gasteiger charge is -2.38. The third-order valence-corrected chi connectivity index (χ3v) is 10.6. The van der Waals surface area contributed by atoms with Gasteiger partial charge in [0.15, 0.2) is 0 Å². The SMILES string of the molecule is C[Si](C)(C)CCOCN1CC(O)(c2ccc3ccccc3c2)c2cc(N3CCOCC3)sc2S1. The van der Waals surface area contributed by atoms with Crippen molar-refractivity contribution in [2.75, 3.05) is 51.1 Å². The van der Waals surface area contributed by atoms with E-state index in [9.17, 15) is 5.11 Å². The molecule has 0 amide bonds. The number of β-amino-alcohol motifs (C(OH)–C–C–N with tert-alkyl or cyclic N) is 1. The zero-order chi connectivity index (χ0) is 23.8. The molecule has 1 unspecified atom stereocenters. The van der Waals surface area contributed by atoms with E-state index >= 15 is 0 Å². The standard InChI is InChI=1S/C26H34N2O3S2Si/c1-34(2,3)15-14-31-19-28-18-26(29,22-9-8-20-6-4-5-7-21(20)16-22)23-17-24(32-25(23)33-28)27-10-12-30-13-11-27/h4-9,16-17,29H,10-15,18-19H2,1-3H3. The molecule has 0 saturated carbocycles. The first-order chi connectivity index (χ1) is 16.3. The third kappa shape index (κ3) is 5.23. The van der Waals surface area contributed by atoms with E-state index in [1.165, 1.54) is 10.4 Å². The number of aliphatic hydroxyl groups is 1. The Morgan fingerprint density at radius 2 is 1.82 bits per heavy atom. The van der Waals surface area contributed by atoms with E-state index in [1.54, 1.807) is 23.3 Å². The first kappa shape index (κ1) is 24.3. The predicted molar refractivity (Wildman–Crippen MR) is 146 cm³/mol. The summed E-state index contributed by atoms with van der Waals surface area (Å²) in [6, 6.07) is 18.0. The lowest BCUT2D eigenvalue weighted by molar-refractivity contribution is 0.0149. The van der Waals surface area contributed by atoms with Crippen LogP contribution < -0.4 is 4.90 Å². The normalized spacial score (nSPS) is 21.7. The Balaban J connectivity index is 1.46. The number of fused-ring (bicyclic) bond motifs is 2. The molecule has 5 nitrogen and oxygen atoms in total. The largest absolute Gasteiger partial charge is 0.379 e. The fourth-order valence-corrected chi connectivity index (χ4v) is 7.89. The molecule has 2 aliphatic rings. The Bertz CT molecular complexity index is 1140. The van der Waals surface area contributed by atoms with Crippen molar-refractivity contribution < 1.29 is 14.6 Å². The van der Waals surface area contributed by atoms with Gasteiger partial charge in [0, 0.05) is 39.9 Å². The van der Waals surface area contributed by atoms with Crippen LogP contribution in [0.1, 0.15) is 11.1 Å². The van der Waals surface area contributed by atoms with E-state index in [1.807, 2.05) is 0 Å². The zero-order valence-electron chi connectivity index (χ0n) is 20.3. The molecule has 3 heterocycles. The second kappa shape index (κ2) is 9.93. The Morgan fingerprint density at radius 1 is 1.06 bits per heavy atom. The zero-order valence-corrected chi connectivity index (χ0v) is 22.9. The summed E-state index contributed by atoms with van der Waals surface area (Å²) in [6.45, 7) is 12.2. The van der Waals surface area contributed by atoms with Gasteiger partial charge in [0.2, 0.25) is 0 Å². The molecular weight excluding hydrogens is 481 g/mol. The van der Waals surface area contributed by atoms with E-state index in [0.717, 1.165) is 59.7 Å². The number of ether oxygens (including phenoxy) is 2. The molecule has 2 aromatic carbocycles. The number of anilines is 1. The number of nitrogens with zero attached hydrogens (tertiary/aromatic N) is 2. The Labute approximate surface area is 211 Å². The first-order valence-corrected chi connectivity index (χ1v) is 17.3. The number of hydrogen-bond donors (Lipinski definition) is 1. The van der Waals surface area contributed by atoms with Crippen molar-refractivity contribution in [1.29, 1.82) is 0 Å². The minimum absolute atomic E-state index is 0.495. The van der Waals surface area contributed by atoms with Gasteiger partial charge in [-0.1, -0.05) is 56.0 Å². The van der Waals surface area contributed by atoms with Crippen LogP contribution in [0.25, 0.3) is 10.8 Å². The van der Waals surface area contributed by atoms with Crippen LogP contribution in [0, 0.1) is 0 Å². The van der Waals surface area contributed by atoms with E-state index in [4.69, 9.17) is 9.47 Å². The Morgan fingerprint density at radius 3 is 2.59 bits per heavy atom. The molecule has 0 radical (unpaired) electrons. The van der Waals surface area contributed by atoms with Gasteiger partial charge in [0.1, 0.15) is 12.3 Å². The van der Waals surface area contributed by atoms with Crippen molar-refractivity contribution in [3.8, 4) is 0 Å². The quantitative estimate of drug-likeness (QED) is 0.251. The van der Waals surface area contributed by atoms with E-state index in [2.05, 4.69) is 77.4 Å². The maximum atomic E-state index is 12.3. The van der Waals surface area contributed by atoms with Crippen LogP contribution in [-0.4, -0.2) is 63.7 Å². The van der Waals surface area contributed by atoms with E-state index in [0.29, 0.717) is 13.3 Å². The summed E-state index contributed by atoms with van der Waals surface area (Å²) in [5.41, 5.74) is 0.858. The second-order valence-corrected chi connectivity index (χ2v) is 18.4. The predicted octanol–water partition coefficient (Wildman–Crippen LogP) is 5.61. The van der Waals surface area contributed by atoms with Gasteiger partial charge in [-0.25, -0.2) is 4.31 Å². The Hall–Kier alpha value is -1.39. The third-order valence-electron chi connectivity index (χ3n) is 6.53.